The van der Waals surface area contributed by atoms with Gasteiger partial charge in [-0.3, -0.25) is 4.98 Å². The average Bonchev–Trinajstić information content (AvgIpc) is 2.28. The van der Waals surface area contributed by atoms with Gasteiger partial charge in [0.15, 0.2) is 5.82 Å². The lowest BCUT2D eigenvalue weighted by Gasteiger charge is -2.08. The Labute approximate surface area is 103 Å². The Morgan fingerprint density at radius 1 is 1.18 bits per heavy atom. The van der Waals surface area contributed by atoms with E-state index in [1.807, 2.05) is 13.8 Å². The lowest BCUT2D eigenvalue weighted by atomic mass is 10.4. The van der Waals surface area contributed by atoms with Gasteiger partial charge in [-0.1, -0.05) is 0 Å². The third kappa shape index (κ3) is 3.07. The van der Waals surface area contributed by atoms with Crippen LogP contribution in [-0.2, 0) is 0 Å². The van der Waals surface area contributed by atoms with Gasteiger partial charge in [0.05, 0.1) is 12.3 Å². The van der Waals surface area contributed by atoms with Gasteiger partial charge in [0.1, 0.15) is 5.69 Å². The summed E-state index contributed by atoms with van der Waals surface area (Å²) in [4.78, 5) is 20.0. The molecular weight excluding hydrogens is 242 g/mol. The van der Waals surface area contributed by atoms with Crippen molar-refractivity contribution in [2.24, 2.45) is 0 Å². The number of rotatable bonds is 3. The zero-order valence-electron chi connectivity index (χ0n) is 9.33. The van der Waals surface area contributed by atoms with Crippen molar-refractivity contribution in [1.29, 1.82) is 0 Å². The number of hydrogen-bond donors (Lipinski definition) is 0. The SMILES string of the molecule is CC(C)Oc1nc(Cl)nc(-c2cnccn2)n1. The zero-order valence-corrected chi connectivity index (χ0v) is 10.1. The molecule has 2 heterocycles. The van der Waals surface area contributed by atoms with E-state index in [1.54, 1.807) is 18.6 Å². The molecule has 0 fully saturated rings. The predicted octanol–water partition coefficient (Wildman–Crippen LogP) is 1.77. The third-order valence-electron chi connectivity index (χ3n) is 1.72. The Kier molecular flexibility index (Phi) is 3.43. The Bertz CT molecular complexity index is 505. The monoisotopic (exact) mass is 251 g/mol. The van der Waals surface area contributed by atoms with Gasteiger partial charge >= 0.3 is 6.01 Å². The molecule has 0 unspecified atom stereocenters. The summed E-state index contributed by atoms with van der Waals surface area (Å²) in [6.45, 7) is 3.75. The molecule has 7 heteroatoms. The summed E-state index contributed by atoms with van der Waals surface area (Å²) in [5.74, 6) is 0.341. The second-order valence-corrected chi connectivity index (χ2v) is 3.81. The van der Waals surface area contributed by atoms with Gasteiger partial charge in [-0.25, -0.2) is 4.98 Å². The number of aromatic nitrogens is 5. The second-order valence-electron chi connectivity index (χ2n) is 3.47. The van der Waals surface area contributed by atoms with Crippen LogP contribution in [0.2, 0.25) is 5.28 Å². The molecule has 6 nitrogen and oxygen atoms in total. The summed E-state index contributed by atoms with van der Waals surface area (Å²) in [5.41, 5.74) is 0.519. The Morgan fingerprint density at radius 2 is 2.00 bits per heavy atom. The summed E-state index contributed by atoms with van der Waals surface area (Å²) in [6, 6.07) is 0.181. The predicted molar refractivity (Wildman–Crippen MR) is 61.6 cm³/mol. The van der Waals surface area contributed by atoms with E-state index in [4.69, 9.17) is 16.3 Å². The topological polar surface area (TPSA) is 73.7 Å². The molecule has 0 aliphatic rings. The van der Waals surface area contributed by atoms with E-state index < -0.39 is 0 Å². The molecule has 0 spiro atoms. The summed E-state index contributed by atoms with van der Waals surface area (Å²) in [5, 5.41) is 0.0660. The van der Waals surface area contributed by atoms with Crippen LogP contribution in [0, 0.1) is 0 Å². The van der Waals surface area contributed by atoms with Crippen LogP contribution in [0.3, 0.4) is 0 Å². The summed E-state index contributed by atoms with van der Waals surface area (Å²) in [7, 11) is 0. The van der Waals surface area contributed by atoms with E-state index in [-0.39, 0.29) is 17.4 Å². The highest BCUT2D eigenvalue weighted by Crippen LogP contribution is 2.16. The van der Waals surface area contributed by atoms with E-state index in [0.29, 0.717) is 11.5 Å². The van der Waals surface area contributed by atoms with Crippen molar-refractivity contribution >= 4 is 11.6 Å². The minimum absolute atomic E-state index is 0.0387. The van der Waals surface area contributed by atoms with Crippen LogP contribution in [0.5, 0.6) is 6.01 Å². The van der Waals surface area contributed by atoms with Gasteiger partial charge in [-0.05, 0) is 25.4 Å². The summed E-state index contributed by atoms with van der Waals surface area (Å²) < 4.78 is 5.36. The van der Waals surface area contributed by atoms with Crippen LogP contribution in [-0.4, -0.2) is 31.0 Å². The van der Waals surface area contributed by atoms with Crippen LogP contribution in [0.25, 0.3) is 11.5 Å². The lowest BCUT2D eigenvalue weighted by molar-refractivity contribution is 0.222. The smallest absolute Gasteiger partial charge is 0.321 e. The number of hydrogen-bond acceptors (Lipinski definition) is 6. The zero-order chi connectivity index (χ0) is 12.3. The van der Waals surface area contributed by atoms with Crippen LogP contribution >= 0.6 is 11.6 Å². The first kappa shape index (κ1) is 11.7. The average molecular weight is 252 g/mol. The number of nitrogens with zero attached hydrogens (tertiary/aromatic N) is 5. The van der Waals surface area contributed by atoms with Gasteiger partial charge in [-0.2, -0.15) is 15.0 Å². The molecule has 0 atom stereocenters. The summed E-state index contributed by atoms with van der Waals surface area (Å²) in [6.07, 6.45) is 4.63. The van der Waals surface area contributed by atoms with Crippen molar-refractivity contribution in [3.8, 4) is 17.5 Å². The van der Waals surface area contributed by atoms with Crippen molar-refractivity contribution in [2.75, 3.05) is 0 Å². The maximum atomic E-state index is 5.79. The van der Waals surface area contributed by atoms with Crippen LogP contribution in [0.15, 0.2) is 18.6 Å². The maximum Gasteiger partial charge on any atom is 0.321 e. The van der Waals surface area contributed by atoms with Crippen LogP contribution < -0.4 is 4.74 Å². The molecule has 0 radical (unpaired) electrons. The molecule has 0 N–H and O–H groups in total. The van der Waals surface area contributed by atoms with E-state index >= 15 is 0 Å². The number of halogens is 1. The second kappa shape index (κ2) is 5.01. The molecule has 0 aliphatic heterocycles. The molecule has 2 aromatic rings. The standard InChI is InChI=1S/C10H10ClN5O/c1-6(2)17-10-15-8(14-9(11)16-10)7-5-12-3-4-13-7/h3-6H,1-2H3. The molecular formula is C10H10ClN5O. The molecule has 17 heavy (non-hydrogen) atoms. The third-order valence-corrected chi connectivity index (χ3v) is 1.89. The van der Waals surface area contributed by atoms with E-state index in [9.17, 15) is 0 Å². The largest absolute Gasteiger partial charge is 0.461 e. The molecule has 0 amide bonds. The highest BCUT2D eigenvalue weighted by atomic mass is 35.5. The van der Waals surface area contributed by atoms with E-state index in [2.05, 4.69) is 24.9 Å². The van der Waals surface area contributed by atoms with Crippen molar-refractivity contribution in [2.45, 2.75) is 20.0 Å². The molecule has 88 valence electrons. The quantitative estimate of drug-likeness (QED) is 0.828. The lowest BCUT2D eigenvalue weighted by Crippen LogP contribution is -2.09. The van der Waals surface area contributed by atoms with Gasteiger partial charge in [0, 0.05) is 12.4 Å². The molecule has 0 bridgehead atoms. The fourth-order valence-electron chi connectivity index (χ4n) is 1.12. The fourth-order valence-corrected chi connectivity index (χ4v) is 1.28. The van der Waals surface area contributed by atoms with E-state index in [0.717, 1.165) is 0 Å². The van der Waals surface area contributed by atoms with Gasteiger partial charge in [0.2, 0.25) is 5.28 Å². The van der Waals surface area contributed by atoms with Gasteiger partial charge < -0.3 is 4.74 Å². The Balaban J connectivity index is 2.38. The van der Waals surface area contributed by atoms with Gasteiger partial charge in [0.25, 0.3) is 0 Å². The first-order valence-electron chi connectivity index (χ1n) is 5.00. The number of ether oxygens (including phenoxy) is 1. The fraction of sp³-hybridized carbons (Fsp3) is 0.300. The molecule has 2 aromatic heterocycles. The Morgan fingerprint density at radius 3 is 2.65 bits per heavy atom. The van der Waals surface area contributed by atoms with Gasteiger partial charge in [-0.15, -0.1) is 0 Å². The first-order valence-corrected chi connectivity index (χ1v) is 5.37. The van der Waals surface area contributed by atoms with Crippen molar-refractivity contribution in [3.05, 3.63) is 23.9 Å². The highest BCUT2D eigenvalue weighted by molar-refractivity contribution is 6.28. The molecule has 0 aliphatic carbocycles. The van der Waals surface area contributed by atoms with Crippen LogP contribution in [0.4, 0.5) is 0 Å². The molecule has 0 aromatic carbocycles. The minimum Gasteiger partial charge on any atom is -0.461 e. The molecule has 2 rings (SSSR count). The Hall–Kier alpha value is -1.82. The maximum absolute atomic E-state index is 5.79. The first-order chi connectivity index (χ1) is 8.15. The van der Waals surface area contributed by atoms with Crippen molar-refractivity contribution in [1.82, 2.24) is 24.9 Å². The normalized spacial score (nSPS) is 10.6. The van der Waals surface area contributed by atoms with Crippen molar-refractivity contribution in [3.63, 3.8) is 0 Å². The highest BCUT2D eigenvalue weighted by Gasteiger charge is 2.10. The van der Waals surface area contributed by atoms with E-state index in [1.165, 1.54) is 0 Å². The molecule has 0 saturated carbocycles. The van der Waals surface area contributed by atoms with Crippen molar-refractivity contribution < 1.29 is 4.74 Å². The molecule has 0 saturated heterocycles. The summed E-state index contributed by atoms with van der Waals surface area (Å²) >= 11 is 5.79. The minimum atomic E-state index is -0.0387. The van der Waals surface area contributed by atoms with Crippen LogP contribution in [0.1, 0.15) is 13.8 Å².